The standard InChI is InChI=1S/C23H24N6O3/c1-15(2)21-22(32-13-17-7-5-4-6-8-17)16(3)23(31)29(27-21)12-20(30)25-18-9-10-19-26-24-14-28(19)11-18/h4-11,14-15H,12-13H2,1-3H3,(H,25,30). The zero-order chi connectivity index (χ0) is 22.7. The number of pyridine rings is 1. The number of aromatic nitrogens is 5. The maximum absolute atomic E-state index is 12.9. The van der Waals surface area contributed by atoms with E-state index in [2.05, 4.69) is 20.6 Å². The molecular weight excluding hydrogens is 408 g/mol. The summed E-state index contributed by atoms with van der Waals surface area (Å²) in [6, 6.07) is 13.2. The Balaban J connectivity index is 1.55. The number of amides is 1. The van der Waals surface area contributed by atoms with Gasteiger partial charge in [0.05, 0.1) is 11.3 Å². The summed E-state index contributed by atoms with van der Waals surface area (Å²) in [5.74, 6) is 0.119. The number of anilines is 1. The van der Waals surface area contributed by atoms with Crippen molar-refractivity contribution in [2.45, 2.75) is 39.8 Å². The minimum Gasteiger partial charge on any atom is -0.486 e. The van der Waals surface area contributed by atoms with Gasteiger partial charge < -0.3 is 10.1 Å². The van der Waals surface area contributed by atoms with Gasteiger partial charge in [0.25, 0.3) is 5.56 Å². The lowest BCUT2D eigenvalue weighted by molar-refractivity contribution is -0.117. The van der Waals surface area contributed by atoms with E-state index in [-0.39, 0.29) is 23.9 Å². The average Bonchev–Trinajstić information content (AvgIpc) is 3.24. The van der Waals surface area contributed by atoms with Crippen LogP contribution in [0.2, 0.25) is 0 Å². The van der Waals surface area contributed by atoms with Crippen LogP contribution in [0.15, 0.2) is 59.8 Å². The van der Waals surface area contributed by atoms with E-state index in [0.29, 0.717) is 34.9 Å². The summed E-state index contributed by atoms with van der Waals surface area (Å²) in [5.41, 5.74) is 2.94. The number of fused-ring (bicyclic) bond motifs is 1. The van der Waals surface area contributed by atoms with Crippen LogP contribution in [0.3, 0.4) is 0 Å². The van der Waals surface area contributed by atoms with Gasteiger partial charge in [-0.15, -0.1) is 10.2 Å². The maximum Gasteiger partial charge on any atom is 0.273 e. The van der Waals surface area contributed by atoms with Crippen LogP contribution in [0.4, 0.5) is 5.69 Å². The molecule has 3 heterocycles. The minimum absolute atomic E-state index is 0.00512. The molecular formula is C23H24N6O3. The van der Waals surface area contributed by atoms with Gasteiger partial charge in [-0.3, -0.25) is 14.0 Å². The van der Waals surface area contributed by atoms with Gasteiger partial charge in [-0.2, -0.15) is 5.10 Å². The largest absolute Gasteiger partial charge is 0.486 e. The van der Waals surface area contributed by atoms with E-state index >= 15 is 0 Å². The molecule has 32 heavy (non-hydrogen) atoms. The molecule has 4 rings (SSSR count). The lowest BCUT2D eigenvalue weighted by Gasteiger charge is -2.17. The molecule has 0 aliphatic rings. The maximum atomic E-state index is 12.9. The van der Waals surface area contributed by atoms with Crippen LogP contribution in [-0.4, -0.2) is 30.3 Å². The second-order valence-corrected chi connectivity index (χ2v) is 7.79. The molecule has 0 radical (unpaired) electrons. The Labute approximate surface area is 184 Å². The highest BCUT2D eigenvalue weighted by Gasteiger charge is 2.20. The number of nitrogens with one attached hydrogen (secondary N) is 1. The van der Waals surface area contributed by atoms with Crippen LogP contribution < -0.4 is 15.6 Å². The Kier molecular flexibility index (Phi) is 5.98. The molecule has 1 amide bonds. The Morgan fingerprint density at radius 1 is 1.16 bits per heavy atom. The molecule has 0 fully saturated rings. The molecule has 0 saturated heterocycles. The first-order valence-electron chi connectivity index (χ1n) is 10.3. The highest BCUT2D eigenvalue weighted by Crippen LogP contribution is 2.26. The summed E-state index contributed by atoms with van der Waals surface area (Å²) >= 11 is 0. The number of nitrogens with zero attached hydrogens (tertiary/aromatic N) is 5. The number of carbonyl (C=O) groups excluding carboxylic acids is 1. The first-order valence-corrected chi connectivity index (χ1v) is 10.3. The van der Waals surface area contributed by atoms with Crippen molar-refractivity contribution in [1.82, 2.24) is 24.4 Å². The normalized spacial score (nSPS) is 11.1. The van der Waals surface area contributed by atoms with Crippen molar-refractivity contribution >= 4 is 17.2 Å². The molecule has 9 heteroatoms. The van der Waals surface area contributed by atoms with Gasteiger partial charge in [0.15, 0.2) is 11.4 Å². The predicted molar refractivity (Wildman–Crippen MR) is 120 cm³/mol. The Hall–Kier alpha value is -4.01. The fraction of sp³-hybridized carbons (Fsp3) is 0.261. The number of carbonyl (C=O) groups is 1. The lowest BCUT2D eigenvalue weighted by Crippen LogP contribution is -2.32. The fourth-order valence-electron chi connectivity index (χ4n) is 3.34. The Morgan fingerprint density at radius 2 is 1.94 bits per heavy atom. The minimum atomic E-state index is -0.362. The molecule has 3 aromatic heterocycles. The molecule has 0 unspecified atom stereocenters. The van der Waals surface area contributed by atoms with Crippen LogP contribution in [-0.2, 0) is 17.9 Å². The summed E-state index contributed by atoms with van der Waals surface area (Å²) in [4.78, 5) is 25.5. The molecule has 164 valence electrons. The summed E-state index contributed by atoms with van der Waals surface area (Å²) in [6.07, 6.45) is 3.25. The predicted octanol–water partition coefficient (Wildman–Crippen LogP) is 2.94. The lowest BCUT2D eigenvalue weighted by atomic mass is 10.1. The number of benzene rings is 1. The Morgan fingerprint density at radius 3 is 2.69 bits per heavy atom. The first kappa shape index (κ1) is 21.2. The van der Waals surface area contributed by atoms with Crippen molar-refractivity contribution in [3.05, 3.63) is 82.2 Å². The molecule has 4 aromatic rings. The molecule has 1 aromatic carbocycles. The van der Waals surface area contributed by atoms with Crippen LogP contribution in [0.5, 0.6) is 5.75 Å². The van der Waals surface area contributed by atoms with E-state index in [9.17, 15) is 9.59 Å². The second kappa shape index (κ2) is 9.01. The quantitative estimate of drug-likeness (QED) is 0.482. The van der Waals surface area contributed by atoms with E-state index < -0.39 is 0 Å². The van der Waals surface area contributed by atoms with Crippen molar-refractivity contribution in [3.8, 4) is 5.75 Å². The Bertz CT molecular complexity index is 1310. The van der Waals surface area contributed by atoms with Gasteiger partial charge in [-0.25, -0.2) is 4.68 Å². The fourth-order valence-corrected chi connectivity index (χ4v) is 3.34. The van der Waals surface area contributed by atoms with Crippen LogP contribution >= 0.6 is 0 Å². The number of hydrogen-bond acceptors (Lipinski definition) is 6. The highest BCUT2D eigenvalue weighted by atomic mass is 16.5. The zero-order valence-corrected chi connectivity index (χ0v) is 18.1. The van der Waals surface area contributed by atoms with Crippen molar-refractivity contribution < 1.29 is 9.53 Å². The van der Waals surface area contributed by atoms with Gasteiger partial charge in [-0.05, 0) is 24.6 Å². The first-order chi connectivity index (χ1) is 15.4. The van der Waals surface area contributed by atoms with Crippen molar-refractivity contribution in [2.75, 3.05) is 5.32 Å². The summed E-state index contributed by atoms with van der Waals surface area (Å²) in [7, 11) is 0. The SMILES string of the molecule is Cc1c(OCc2ccccc2)c(C(C)C)nn(CC(=O)Nc2ccc3nncn3c2)c1=O. The number of rotatable bonds is 7. The molecule has 0 aliphatic heterocycles. The van der Waals surface area contributed by atoms with E-state index in [0.717, 1.165) is 5.56 Å². The van der Waals surface area contributed by atoms with Gasteiger partial charge in [-0.1, -0.05) is 44.2 Å². The van der Waals surface area contributed by atoms with E-state index in [4.69, 9.17) is 4.74 Å². The third-order valence-corrected chi connectivity index (χ3v) is 5.00. The van der Waals surface area contributed by atoms with E-state index in [1.807, 2.05) is 44.2 Å². The smallest absolute Gasteiger partial charge is 0.273 e. The van der Waals surface area contributed by atoms with Crippen molar-refractivity contribution in [1.29, 1.82) is 0 Å². The van der Waals surface area contributed by atoms with Crippen molar-refractivity contribution in [3.63, 3.8) is 0 Å². The zero-order valence-electron chi connectivity index (χ0n) is 18.1. The summed E-state index contributed by atoms with van der Waals surface area (Å²) in [6.45, 7) is 5.77. The van der Waals surface area contributed by atoms with Gasteiger partial charge >= 0.3 is 0 Å². The number of ether oxygens (including phenoxy) is 1. The van der Waals surface area contributed by atoms with Crippen LogP contribution in [0, 0.1) is 6.92 Å². The summed E-state index contributed by atoms with van der Waals surface area (Å²) in [5, 5.41) is 15.0. The molecule has 0 spiro atoms. The van der Waals surface area contributed by atoms with Gasteiger partial charge in [0.1, 0.15) is 25.2 Å². The third-order valence-electron chi connectivity index (χ3n) is 5.00. The molecule has 1 N–H and O–H groups in total. The monoisotopic (exact) mass is 432 g/mol. The topological polar surface area (TPSA) is 103 Å². The van der Waals surface area contributed by atoms with Crippen LogP contribution in [0.1, 0.15) is 36.6 Å². The number of hydrogen-bond donors (Lipinski definition) is 1. The third kappa shape index (κ3) is 4.51. The second-order valence-electron chi connectivity index (χ2n) is 7.79. The molecule has 0 aliphatic carbocycles. The van der Waals surface area contributed by atoms with Crippen molar-refractivity contribution in [2.24, 2.45) is 0 Å². The van der Waals surface area contributed by atoms with Gasteiger partial charge in [0.2, 0.25) is 5.91 Å². The highest BCUT2D eigenvalue weighted by molar-refractivity contribution is 5.90. The van der Waals surface area contributed by atoms with E-state index in [1.165, 1.54) is 4.68 Å². The van der Waals surface area contributed by atoms with Crippen LogP contribution in [0.25, 0.3) is 5.65 Å². The van der Waals surface area contributed by atoms with E-state index in [1.54, 1.807) is 36.0 Å². The summed E-state index contributed by atoms with van der Waals surface area (Å²) < 4.78 is 8.88. The molecule has 9 nitrogen and oxygen atoms in total. The molecule has 0 atom stereocenters. The molecule has 0 saturated carbocycles. The average molecular weight is 432 g/mol. The molecule has 0 bridgehead atoms. The van der Waals surface area contributed by atoms with Gasteiger partial charge in [0, 0.05) is 12.1 Å².